The van der Waals surface area contributed by atoms with E-state index in [9.17, 15) is 10.1 Å². The van der Waals surface area contributed by atoms with Crippen molar-refractivity contribution in [3.05, 3.63) is 34.1 Å². The molecule has 0 aliphatic carbocycles. The second kappa shape index (κ2) is 3.76. The van der Waals surface area contributed by atoms with Gasteiger partial charge in [-0.05, 0) is 6.07 Å². The second-order valence-electron chi connectivity index (χ2n) is 3.01. The zero-order valence-corrected chi connectivity index (χ0v) is 9.84. The number of nitro benzene ring substituents is 1. The van der Waals surface area contributed by atoms with Crippen LogP contribution in [0.2, 0.25) is 0 Å². The van der Waals surface area contributed by atoms with Gasteiger partial charge in [0.15, 0.2) is 11.3 Å². The number of alkyl halides is 3. The summed E-state index contributed by atoms with van der Waals surface area (Å²) >= 11 is 16.9. The third kappa shape index (κ3) is 1.93. The highest BCUT2D eigenvalue weighted by Gasteiger charge is 2.28. The fraction of sp³-hybridized carbons (Fsp3) is 0.125. The molecule has 1 aromatic carbocycles. The van der Waals surface area contributed by atoms with Gasteiger partial charge in [-0.15, -0.1) is 0 Å². The Hall–Kier alpha value is -1.04. The summed E-state index contributed by atoms with van der Waals surface area (Å²) in [4.78, 5) is 16.8. The van der Waals surface area contributed by atoms with Crippen molar-refractivity contribution in [2.45, 2.75) is 3.79 Å². The molecule has 0 fully saturated rings. The fourth-order valence-corrected chi connectivity index (χ4v) is 1.57. The molecule has 1 N–H and O–H groups in total. The third-order valence-electron chi connectivity index (χ3n) is 1.96. The Kier molecular flexibility index (Phi) is 2.69. The molecule has 0 saturated carbocycles. The SMILES string of the molecule is O=[N+]([O-])c1cccc2[nH]c(C(Cl)(Cl)Cl)nc12. The molecule has 0 unspecified atom stereocenters. The van der Waals surface area contributed by atoms with Crippen LogP contribution in [0.4, 0.5) is 5.69 Å². The number of imidazole rings is 1. The molecule has 16 heavy (non-hydrogen) atoms. The van der Waals surface area contributed by atoms with E-state index in [2.05, 4.69) is 9.97 Å². The molecule has 0 bridgehead atoms. The fourth-order valence-electron chi connectivity index (χ4n) is 1.30. The van der Waals surface area contributed by atoms with Gasteiger partial charge in [-0.3, -0.25) is 10.1 Å². The van der Waals surface area contributed by atoms with Crippen molar-refractivity contribution in [3.8, 4) is 0 Å². The zero-order valence-electron chi connectivity index (χ0n) is 7.58. The van der Waals surface area contributed by atoms with Crippen LogP contribution in [0.25, 0.3) is 11.0 Å². The number of aromatic nitrogens is 2. The molecular formula is C8H4Cl3N3O2. The van der Waals surface area contributed by atoms with Crippen molar-refractivity contribution < 1.29 is 4.92 Å². The van der Waals surface area contributed by atoms with Gasteiger partial charge in [-0.1, -0.05) is 40.9 Å². The number of nitrogens with zero attached hydrogens (tertiary/aromatic N) is 2. The summed E-state index contributed by atoms with van der Waals surface area (Å²) in [6.45, 7) is 0. The van der Waals surface area contributed by atoms with Gasteiger partial charge in [0.1, 0.15) is 0 Å². The van der Waals surface area contributed by atoms with Crippen LogP contribution < -0.4 is 0 Å². The van der Waals surface area contributed by atoms with E-state index in [1.807, 2.05) is 0 Å². The topological polar surface area (TPSA) is 71.8 Å². The number of rotatable bonds is 1. The van der Waals surface area contributed by atoms with E-state index in [0.717, 1.165) is 0 Å². The van der Waals surface area contributed by atoms with E-state index in [1.165, 1.54) is 12.1 Å². The third-order valence-corrected chi connectivity index (χ3v) is 2.49. The summed E-state index contributed by atoms with van der Waals surface area (Å²) in [6.07, 6.45) is 0. The summed E-state index contributed by atoms with van der Waals surface area (Å²) in [7, 11) is 0. The number of non-ortho nitro benzene ring substituents is 1. The van der Waals surface area contributed by atoms with Crippen molar-refractivity contribution in [1.82, 2.24) is 9.97 Å². The van der Waals surface area contributed by atoms with Crippen LogP contribution >= 0.6 is 34.8 Å². The van der Waals surface area contributed by atoms with Gasteiger partial charge >= 0.3 is 0 Å². The molecule has 5 nitrogen and oxygen atoms in total. The number of aromatic amines is 1. The standard InChI is InChI=1S/C8H4Cl3N3O2/c9-8(10,11)7-12-4-2-1-3-5(14(15)16)6(4)13-7/h1-3H,(H,12,13). The number of H-pyrrole nitrogens is 1. The lowest BCUT2D eigenvalue weighted by molar-refractivity contribution is -0.383. The molecular weight excluding hydrogens is 276 g/mol. The molecule has 0 atom stereocenters. The molecule has 0 amide bonds. The van der Waals surface area contributed by atoms with E-state index in [1.54, 1.807) is 6.07 Å². The largest absolute Gasteiger partial charge is 0.338 e. The molecule has 0 saturated heterocycles. The molecule has 84 valence electrons. The first-order valence-electron chi connectivity index (χ1n) is 4.10. The van der Waals surface area contributed by atoms with E-state index in [0.29, 0.717) is 5.52 Å². The predicted octanol–water partition coefficient (Wildman–Crippen LogP) is 3.30. The van der Waals surface area contributed by atoms with Gasteiger partial charge in [0, 0.05) is 6.07 Å². The Morgan fingerprint density at radius 1 is 1.38 bits per heavy atom. The second-order valence-corrected chi connectivity index (χ2v) is 5.29. The molecule has 0 aliphatic rings. The number of para-hydroxylation sites is 1. The van der Waals surface area contributed by atoms with E-state index < -0.39 is 8.72 Å². The monoisotopic (exact) mass is 279 g/mol. The normalized spacial score (nSPS) is 11.9. The van der Waals surface area contributed by atoms with E-state index >= 15 is 0 Å². The number of fused-ring (bicyclic) bond motifs is 1. The summed E-state index contributed by atoms with van der Waals surface area (Å²) in [5.74, 6) is 0.0572. The lowest BCUT2D eigenvalue weighted by Gasteiger charge is -2.04. The minimum absolute atomic E-state index is 0.0572. The van der Waals surface area contributed by atoms with Crippen molar-refractivity contribution >= 4 is 51.5 Å². The molecule has 0 aliphatic heterocycles. The van der Waals surface area contributed by atoms with Gasteiger partial charge in [0.2, 0.25) is 3.79 Å². The summed E-state index contributed by atoms with van der Waals surface area (Å²) in [6, 6.07) is 4.49. The van der Waals surface area contributed by atoms with E-state index in [4.69, 9.17) is 34.8 Å². The number of benzene rings is 1. The molecule has 1 aromatic heterocycles. The highest BCUT2D eigenvalue weighted by molar-refractivity contribution is 6.66. The Balaban J connectivity index is 2.71. The van der Waals surface area contributed by atoms with Gasteiger partial charge in [0.25, 0.3) is 5.69 Å². The van der Waals surface area contributed by atoms with Crippen LogP contribution in [0, 0.1) is 10.1 Å². The van der Waals surface area contributed by atoms with Crippen molar-refractivity contribution in [2.75, 3.05) is 0 Å². The summed E-state index contributed by atoms with van der Waals surface area (Å²) in [5, 5.41) is 10.7. The maximum atomic E-state index is 10.7. The predicted molar refractivity (Wildman–Crippen MR) is 62.0 cm³/mol. The van der Waals surface area contributed by atoms with Gasteiger partial charge in [0.05, 0.1) is 10.4 Å². The lowest BCUT2D eigenvalue weighted by Crippen LogP contribution is -2.02. The maximum Gasteiger partial charge on any atom is 0.297 e. The first-order chi connectivity index (χ1) is 7.39. The van der Waals surface area contributed by atoms with Crippen LogP contribution in [-0.2, 0) is 3.79 Å². The highest BCUT2D eigenvalue weighted by atomic mass is 35.6. The minimum Gasteiger partial charge on any atom is -0.338 e. The van der Waals surface area contributed by atoms with Crippen molar-refractivity contribution in [1.29, 1.82) is 0 Å². The van der Waals surface area contributed by atoms with E-state index in [-0.39, 0.29) is 17.0 Å². The Bertz CT molecular complexity index is 561. The average Bonchev–Trinajstić information content (AvgIpc) is 2.59. The maximum absolute atomic E-state index is 10.7. The summed E-state index contributed by atoms with van der Waals surface area (Å²) < 4.78 is -1.73. The number of halogens is 3. The zero-order chi connectivity index (χ0) is 11.9. The Morgan fingerprint density at radius 3 is 2.62 bits per heavy atom. The smallest absolute Gasteiger partial charge is 0.297 e. The number of nitro groups is 1. The van der Waals surface area contributed by atoms with Crippen molar-refractivity contribution in [3.63, 3.8) is 0 Å². The number of hydrogen-bond donors (Lipinski definition) is 1. The molecule has 0 radical (unpaired) electrons. The van der Waals surface area contributed by atoms with Crippen LogP contribution in [0.5, 0.6) is 0 Å². The average molecular weight is 280 g/mol. The van der Waals surface area contributed by atoms with Crippen LogP contribution in [0.1, 0.15) is 5.82 Å². The first-order valence-corrected chi connectivity index (χ1v) is 5.23. The van der Waals surface area contributed by atoms with Crippen LogP contribution in [0.3, 0.4) is 0 Å². The van der Waals surface area contributed by atoms with Crippen LogP contribution in [0.15, 0.2) is 18.2 Å². The molecule has 1 heterocycles. The number of hydrogen-bond acceptors (Lipinski definition) is 3. The lowest BCUT2D eigenvalue weighted by atomic mass is 10.3. The quantitative estimate of drug-likeness (QED) is 0.495. The van der Waals surface area contributed by atoms with Crippen molar-refractivity contribution in [2.24, 2.45) is 0 Å². The molecule has 8 heteroatoms. The van der Waals surface area contributed by atoms with Crippen LogP contribution in [-0.4, -0.2) is 14.9 Å². The van der Waals surface area contributed by atoms with Gasteiger partial charge in [-0.2, -0.15) is 0 Å². The minimum atomic E-state index is -1.73. The molecule has 0 spiro atoms. The first kappa shape index (κ1) is 11.4. The van der Waals surface area contributed by atoms with Gasteiger partial charge < -0.3 is 4.98 Å². The number of nitrogens with one attached hydrogen (secondary N) is 1. The Labute approximate surface area is 104 Å². The highest BCUT2D eigenvalue weighted by Crippen LogP contribution is 2.38. The molecule has 2 aromatic rings. The Morgan fingerprint density at radius 2 is 2.06 bits per heavy atom. The molecule has 2 rings (SSSR count). The van der Waals surface area contributed by atoms with Gasteiger partial charge in [-0.25, -0.2) is 4.98 Å². The summed E-state index contributed by atoms with van der Waals surface area (Å²) in [5.41, 5.74) is 0.499.